The molecule has 4 N–H and O–H groups in total. The van der Waals surface area contributed by atoms with Gasteiger partial charge >= 0.3 is 24.3 Å². The first-order valence-corrected chi connectivity index (χ1v) is 11.1. The zero-order valence-electron chi connectivity index (χ0n) is 20.2. The van der Waals surface area contributed by atoms with Crippen molar-refractivity contribution in [1.82, 2.24) is 19.9 Å². The number of carbonyl (C=O) groups is 3. The normalized spacial score (nSPS) is 15.4. The highest BCUT2D eigenvalue weighted by Crippen LogP contribution is 2.28. The number of hydrogen-bond acceptors (Lipinski definition) is 6. The van der Waals surface area contributed by atoms with Crippen LogP contribution >= 0.6 is 0 Å². The molecule has 1 fully saturated rings. The number of pyridine rings is 1. The van der Waals surface area contributed by atoms with Crippen molar-refractivity contribution >= 4 is 34.7 Å². The van der Waals surface area contributed by atoms with Crippen LogP contribution in [0.25, 0.3) is 11.0 Å². The number of H-pyrrole nitrogens is 1. The van der Waals surface area contributed by atoms with E-state index >= 15 is 0 Å². The predicted octanol–water partition coefficient (Wildman–Crippen LogP) is 4.29. The van der Waals surface area contributed by atoms with Crippen molar-refractivity contribution in [3.63, 3.8) is 0 Å². The molecular weight excluding hydrogens is 540 g/mol. The molecule has 1 saturated heterocycles. The van der Waals surface area contributed by atoms with Gasteiger partial charge in [0.05, 0.1) is 16.6 Å². The SMILES string of the molecule is CNc1ncccc1C(=O)N1CCCC(c2nc3ccccc3[nH]2)C1.O=C(O)C(F)(F)F.O=C(O)C(F)(F)F. The molecule has 0 saturated carbocycles. The smallest absolute Gasteiger partial charge is 0.475 e. The molecule has 4 rings (SSSR count). The van der Waals surface area contributed by atoms with Gasteiger partial charge in [0.2, 0.25) is 0 Å². The maximum Gasteiger partial charge on any atom is 0.490 e. The molecule has 0 radical (unpaired) electrons. The maximum absolute atomic E-state index is 12.9. The van der Waals surface area contributed by atoms with Crippen molar-refractivity contribution in [2.24, 2.45) is 0 Å². The molecule has 1 amide bonds. The summed E-state index contributed by atoms with van der Waals surface area (Å²) in [6.45, 7) is 1.45. The van der Waals surface area contributed by atoms with Gasteiger partial charge in [0.1, 0.15) is 11.6 Å². The van der Waals surface area contributed by atoms with Crippen molar-refractivity contribution < 1.29 is 50.9 Å². The lowest BCUT2D eigenvalue weighted by atomic mass is 9.96. The molecule has 1 aliphatic rings. The molecule has 0 spiro atoms. The lowest BCUT2D eigenvalue weighted by Crippen LogP contribution is -2.39. The van der Waals surface area contributed by atoms with E-state index in [1.807, 2.05) is 35.2 Å². The Balaban J connectivity index is 0.000000317. The number of aromatic nitrogens is 3. The van der Waals surface area contributed by atoms with Crippen LogP contribution in [0.4, 0.5) is 32.2 Å². The van der Waals surface area contributed by atoms with E-state index in [1.165, 1.54) is 0 Å². The maximum atomic E-state index is 12.9. The van der Waals surface area contributed by atoms with Crippen LogP contribution in [0.5, 0.6) is 0 Å². The third-order valence-electron chi connectivity index (χ3n) is 5.26. The third kappa shape index (κ3) is 8.86. The zero-order chi connectivity index (χ0) is 29.4. The molecule has 39 heavy (non-hydrogen) atoms. The van der Waals surface area contributed by atoms with Gasteiger partial charge < -0.3 is 25.4 Å². The summed E-state index contributed by atoms with van der Waals surface area (Å²) in [4.78, 5) is 45.0. The standard InChI is InChI=1S/C19H21N5O.2C2HF3O2/c1-20-18-14(7-4-10-21-18)19(25)24-11-5-6-13(12-24)17-22-15-8-2-3-9-16(15)23-17;2*3-2(4,5)1(6)7/h2-4,7-10,13H,5-6,11-12H2,1H3,(H,20,21)(H,22,23);2*(H,6,7). The first-order valence-electron chi connectivity index (χ1n) is 11.1. The molecule has 0 bridgehead atoms. The molecule has 3 heterocycles. The lowest BCUT2D eigenvalue weighted by Gasteiger charge is -2.32. The molecular formula is C23H23F6N5O5. The minimum atomic E-state index is -5.08. The highest BCUT2D eigenvalue weighted by atomic mass is 19.4. The largest absolute Gasteiger partial charge is 0.490 e. The molecule has 3 aromatic rings. The van der Waals surface area contributed by atoms with E-state index < -0.39 is 24.3 Å². The number of likely N-dealkylation sites (tertiary alicyclic amines) is 1. The van der Waals surface area contributed by atoms with E-state index in [9.17, 15) is 31.1 Å². The Morgan fingerprint density at radius 2 is 1.59 bits per heavy atom. The quantitative estimate of drug-likeness (QED) is 0.345. The van der Waals surface area contributed by atoms with Gasteiger partial charge in [-0.2, -0.15) is 26.3 Å². The summed E-state index contributed by atoms with van der Waals surface area (Å²) in [5.41, 5.74) is 2.65. The molecule has 10 nitrogen and oxygen atoms in total. The molecule has 2 aromatic heterocycles. The van der Waals surface area contributed by atoms with Gasteiger partial charge in [0.25, 0.3) is 5.91 Å². The van der Waals surface area contributed by atoms with E-state index in [2.05, 4.69) is 15.3 Å². The van der Waals surface area contributed by atoms with Crippen molar-refractivity contribution in [2.75, 3.05) is 25.5 Å². The number of fused-ring (bicyclic) bond motifs is 1. The van der Waals surface area contributed by atoms with Crippen LogP contribution in [0.2, 0.25) is 0 Å². The van der Waals surface area contributed by atoms with Crippen LogP contribution in [0.15, 0.2) is 42.6 Å². The van der Waals surface area contributed by atoms with Gasteiger partial charge in [-0.3, -0.25) is 4.79 Å². The number of hydrogen-bond donors (Lipinski definition) is 4. The molecule has 1 aliphatic heterocycles. The number of halogens is 6. The van der Waals surface area contributed by atoms with E-state index in [4.69, 9.17) is 24.8 Å². The number of para-hydroxylation sites is 2. The summed E-state index contributed by atoms with van der Waals surface area (Å²) in [7, 11) is 1.78. The first-order chi connectivity index (χ1) is 18.1. The molecule has 1 aromatic carbocycles. The number of imidazole rings is 1. The number of rotatable bonds is 3. The average Bonchev–Trinajstić information content (AvgIpc) is 3.32. The molecule has 1 atom stereocenters. The van der Waals surface area contributed by atoms with Crippen LogP contribution in [0.3, 0.4) is 0 Å². The summed E-state index contributed by atoms with van der Waals surface area (Å²) in [5.74, 6) is -3.66. The van der Waals surface area contributed by atoms with E-state index in [0.717, 1.165) is 36.2 Å². The Morgan fingerprint density at radius 3 is 2.13 bits per heavy atom. The number of carbonyl (C=O) groups excluding carboxylic acids is 1. The highest BCUT2D eigenvalue weighted by molar-refractivity contribution is 5.98. The Labute approximate surface area is 216 Å². The van der Waals surface area contributed by atoms with Crippen LogP contribution in [-0.2, 0) is 9.59 Å². The Kier molecular flexibility index (Phi) is 10.2. The van der Waals surface area contributed by atoms with Gasteiger partial charge in [0, 0.05) is 32.3 Å². The fourth-order valence-electron chi connectivity index (χ4n) is 3.50. The fourth-order valence-corrected chi connectivity index (χ4v) is 3.50. The van der Waals surface area contributed by atoms with Crippen LogP contribution in [0, 0.1) is 0 Å². The summed E-state index contributed by atoms with van der Waals surface area (Å²) < 4.78 is 63.5. The number of piperidine rings is 1. The number of amides is 1. The fraction of sp³-hybridized carbons (Fsp3) is 0.348. The van der Waals surface area contributed by atoms with E-state index in [-0.39, 0.29) is 11.8 Å². The number of carboxylic acid groups (broad SMARTS) is 2. The third-order valence-corrected chi connectivity index (χ3v) is 5.26. The first kappa shape index (κ1) is 30.9. The van der Waals surface area contributed by atoms with Gasteiger partial charge in [-0.1, -0.05) is 12.1 Å². The molecule has 16 heteroatoms. The predicted molar refractivity (Wildman–Crippen MR) is 125 cm³/mol. The number of aromatic amines is 1. The van der Waals surface area contributed by atoms with Crippen LogP contribution in [-0.4, -0.2) is 80.4 Å². The minimum Gasteiger partial charge on any atom is -0.475 e. The molecule has 1 unspecified atom stereocenters. The number of anilines is 1. The number of benzene rings is 1. The zero-order valence-corrected chi connectivity index (χ0v) is 20.2. The second kappa shape index (κ2) is 12.9. The van der Waals surface area contributed by atoms with E-state index in [0.29, 0.717) is 17.9 Å². The molecule has 0 aliphatic carbocycles. The number of nitrogens with one attached hydrogen (secondary N) is 2. The Morgan fingerprint density at radius 1 is 1.00 bits per heavy atom. The van der Waals surface area contributed by atoms with Crippen LogP contribution < -0.4 is 5.32 Å². The van der Waals surface area contributed by atoms with Gasteiger partial charge in [0.15, 0.2) is 0 Å². The van der Waals surface area contributed by atoms with Crippen molar-refractivity contribution in [3.8, 4) is 0 Å². The van der Waals surface area contributed by atoms with Crippen LogP contribution in [0.1, 0.15) is 34.9 Å². The Bertz CT molecular complexity index is 1240. The minimum absolute atomic E-state index is 0.0262. The van der Waals surface area contributed by atoms with Gasteiger partial charge in [-0.05, 0) is 37.1 Å². The summed E-state index contributed by atoms with van der Waals surface area (Å²) in [6.07, 6.45) is -6.46. The van der Waals surface area contributed by atoms with Crippen molar-refractivity contribution in [3.05, 3.63) is 54.0 Å². The lowest BCUT2D eigenvalue weighted by molar-refractivity contribution is -0.193. The van der Waals surface area contributed by atoms with Crippen molar-refractivity contribution in [2.45, 2.75) is 31.1 Å². The molecule has 212 valence electrons. The number of aliphatic carboxylic acids is 2. The summed E-state index contributed by atoms with van der Waals surface area (Å²) in [5, 5.41) is 17.2. The summed E-state index contributed by atoms with van der Waals surface area (Å²) in [6, 6.07) is 11.7. The topological polar surface area (TPSA) is 149 Å². The Hall–Kier alpha value is -4.37. The van der Waals surface area contributed by atoms with E-state index in [1.54, 1.807) is 19.3 Å². The number of carboxylic acids is 2. The number of alkyl halides is 6. The average molecular weight is 563 g/mol. The monoisotopic (exact) mass is 563 g/mol. The van der Waals surface area contributed by atoms with Crippen molar-refractivity contribution in [1.29, 1.82) is 0 Å². The highest BCUT2D eigenvalue weighted by Gasteiger charge is 2.39. The van der Waals surface area contributed by atoms with Gasteiger partial charge in [-0.15, -0.1) is 0 Å². The number of nitrogens with zero attached hydrogens (tertiary/aromatic N) is 3. The van der Waals surface area contributed by atoms with Gasteiger partial charge in [-0.25, -0.2) is 19.6 Å². The second-order valence-corrected chi connectivity index (χ2v) is 7.98. The summed E-state index contributed by atoms with van der Waals surface area (Å²) >= 11 is 0. The second-order valence-electron chi connectivity index (χ2n) is 7.98.